The number of nitrogens with one attached hydrogen (secondary N) is 2. The van der Waals surface area contributed by atoms with Crippen LogP contribution in [0.1, 0.15) is 17.5 Å². The van der Waals surface area contributed by atoms with Crippen molar-refractivity contribution < 1.29 is 4.39 Å². The third-order valence-electron chi connectivity index (χ3n) is 3.29. The van der Waals surface area contributed by atoms with Crippen molar-refractivity contribution in [2.24, 2.45) is 12.0 Å². The van der Waals surface area contributed by atoms with Crippen LogP contribution in [0.5, 0.6) is 0 Å². The Morgan fingerprint density at radius 3 is 2.64 bits per heavy atom. The maximum Gasteiger partial charge on any atom is 0.191 e. The van der Waals surface area contributed by atoms with E-state index >= 15 is 0 Å². The molecule has 2 N–H and O–H groups in total. The van der Waals surface area contributed by atoms with Gasteiger partial charge in [0.05, 0.1) is 6.20 Å². The van der Waals surface area contributed by atoms with Gasteiger partial charge in [0.1, 0.15) is 5.82 Å². The highest BCUT2D eigenvalue weighted by Gasteiger charge is 2.00. The molecule has 0 fully saturated rings. The minimum Gasteiger partial charge on any atom is -0.356 e. The standard InChI is InChI=1S/C16H22FN5/c1-18-16(20-10-13-5-7-15(17)8-6-13)19-9-3-4-14-11-21-22(2)12-14/h5-8,11-12H,3-4,9-10H2,1-2H3,(H2,18,19,20). The summed E-state index contributed by atoms with van der Waals surface area (Å²) in [6.07, 6.45) is 5.90. The molecule has 0 bridgehead atoms. The summed E-state index contributed by atoms with van der Waals surface area (Å²) in [4.78, 5) is 4.17. The normalized spacial score (nSPS) is 11.5. The monoisotopic (exact) mass is 303 g/mol. The zero-order chi connectivity index (χ0) is 15.8. The first-order valence-corrected chi connectivity index (χ1v) is 7.34. The molecule has 118 valence electrons. The number of halogens is 1. The van der Waals surface area contributed by atoms with Gasteiger partial charge < -0.3 is 10.6 Å². The lowest BCUT2D eigenvalue weighted by Gasteiger charge is -2.11. The van der Waals surface area contributed by atoms with Crippen molar-refractivity contribution in [3.63, 3.8) is 0 Å². The molecule has 0 radical (unpaired) electrons. The molecule has 0 amide bonds. The van der Waals surface area contributed by atoms with Crippen LogP contribution in [0.2, 0.25) is 0 Å². The fourth-order valence-corrected chi connectivity index (χ4v) is 2.11. The molecule has 1 aromatic heterocycles. The van der Waals surface area contributed by atoms with Crippen LogP contribution < -0.4 is 10.6 Å². The van der Waals surface area contributed by atoms with Gasteiger partial charge in [-0.25, -0.2) is 4.39 Å². The van der Waals surface area contributed by atoms with E-state index in [0.29, 0.717) is 6.54 Å². The van der Waals surface area contributed by atoms with Crippen LogP contribution in [0, 0.1) is 5.82 Å². The van der Waals surface area contributed by atoms with Gasteiger partial charge in [-0.3, -0.25) is 9.67 Å². The predicted molar refractivity (Wildman–Crippen MR) is 86.1 cm³/mol. The Morgan fingerprint density at radius 1 is 1.23 bits per heavy atom. The van der Waals surface area contributed by atoms with Gasteiger partial charge in [0.25, 0.3) is 0 Å². The molecule has 1 aromatic carbocycles. The Morgan fingerprint density at radius 2 is 2.00 bits per heavy atom. The molecule has 0 aliphatic rings. The zero-order valence-electron chi connectivity index (χ0n) is 13.0. The van der Waals surface area contributed by atoms with Gasteiger partial charge >= 0.3 is 0 Å². The van der Waals surface area contributed by atoms with Gasteiger partial charge in [0.15, 0.2) is 5.96 Å². The van der Waals surface area contributed by atoms with Crippen molar-refractivity contribution in [1.82, 2.24) is 20.4 Å². The van der Waals surface area contributed by atoms with E-state index in [1.54, 1.807) is 19.2 Å². The fraction of sp³-hybridized carbons (Fsp3) is 0.375. The second-order valence-corrected chi connectivity index (χ2v) is 5.10. The molecule has 6 heteroatoms. The minimum atomic E-state index is -0.221. The number of guanidine groups is 1. The Bertz CT molecular complexity index is 603. The van der Waals surface area contributed by atoms with Gasteiger partial charge in [0, 0.05) is 33.4 Å². The number of aliphatic imine (C=N–C) groups is 1. The van der Waals surface area contributed by atoms with Crippen LogP contribution in [0.4, 0.5) is 4.39 Å². The smallest absolute Gasteiger partial charge is 0.191 e. The zero-order valence-corrected chi connectivity index (χ0v) is 13.0. The second-order valence-electron chi connectivity index (χ2n) is 5.10. The molecule has 22 heavy (non-hydrogen) atoms. The van der Waals surface area contributed by atoms with Crippen LogP contribution >= 0.6 is 0 Å². The number of hydrogen-bond donors (Lipinski definition) is 2. The van der Waals surface area contributed by atoms with Crippen LogP contribution in [0.25, 0.3) is 0 Å². The van der Waals surface area contributed by atoms with E-state index < -0.39 is 0 Å². The van der Waals surface area contributed by atoms with Crippen molar-refractivity contribution in [3.05, 3.63) is 53.6 Å². The van der Waals surface area contributed by atoms with Crippen LogP contribution in [0.3, 0.4) is 0 Å². The first kappa shape index (κ1) is 16.0. The Kier molecular flexibility index (Phi) is 5.94. The molecule has 0 saturated carbocycles. The van der Waals surface area contributed by atoms with Gasteiger partial charge in [-0.2, -0.15) is 5.10 Å². The third kappa shape index (κ3) is 5.20. The summed E-state index contributed by atoms with van der Waals surface area (Å²) in [5, 5.41) is 10.6. The summed E-state index contributed by atoms with van der Waals surface area (Å²) < 4.78 is 14.6. The highest BCUT2D eigenvalue weighted by Crippen LogP contribution is 2.02. The minimum absolute atomic E-state index is 0.221. The van der Waals surface area contributed by atoms with Crippen molar-refractivity contribution in [3.8, 4) is 0 Å². The van der Waals surface area contributed by atoms with E-state index in [0.717, 1.165) is 30.9 Å². The van der Waals surface area contributed by atoms with Crippen LogP contribution in [-0.2, 0) is 20.0 Å². The van der Waals surface area contributed by atoms with E-state index in [9.17, 15) is 4.39 Å². The highest BCUT2D eigenvalue weighted by atomic mass is 19.1. The molecule has 0 spiro atoms. The first-order chi connectivity index (χ1) is 10.7. The average molecular weight is 303 g/mol. The van der Waals surface area contributed by atoms with E-state index in [2.05, 4.69) is 20.7 Å². The van der Waals surface area contributed by atoms with E-state index in [1.807, 2.05) is 24.1 Å². The molecular formula is C16H22FN5. The lowest BCUT2D eigenvalue weighted by atomic mass is 10.2. The summed E-state index contributed by atoms with van der Waals surface area (Å²) in [6.45, 7) is 1.44. The topological polar surface area (TPSA) is 54.2 Å². The van der Waals surface area contributed by atoms with Crippen molar-refractivity contribution in [2.75, 3.05) is 13.6 Å². The molecule has 5 nitrogen and oxygen atoms in total. The SMILES string of the molecule is CN=C(NCCCc1cnn(C)c1)NCc1ccc(F)cc1. The van der Waals surface area contributed by atoms with Crippen LogP contribution in [0.15, 0.2) is 41.7 Å². The van der Waals surface area contributed by atoms with Gasteiger partial charge in [0.2, 0.25) is 0 Å². The van der Waals surface area contributed by atoms with Crippen molar-refractivity contribution in [2.45, 2.75) is 19.4 Å². The summed E-state index contributed by atoms with van der Waals surface area (Å²) in [7, 11) is 3.66. The molecule has 0 atom stereocenters. The van der Waals surface area contributed by atoms with Crippen LogP contribution in [-0.4, -0.2) is 29.3 Å². The molecule has 0 saturated heterocycles. The largest absolute Gasteiger partial charge is 0.356 e. The number of rotatable bonds is 6. The summed E-state index contributed by atoms with van der Waals surface area (Å²) in [6, 6.07) is 6.44. The summed E-state index contributed by atoms with van der Waals surface area (Å²) in [5.41, 5.74) is 2.25. The molecule has 2 aromatic rings. The van der Waals surface area contributed by atoms with E-state index in [-0.39, 0.29) is 5.82 Å². The molecule has 1 heterocycles. The maximum absolute atomic E-state index is 12.8. The molecule has 0 aliphatic heterocycles. The Labute approximate surface area is 130 Å². The van der Waals surface area contributed by atoms with Gasteiger partial charge in [-0.15, -0.1) is 0 Å². The molecular weight excluding hydrogens is 281 g/mol. The maximum atomic E-state index is 12.8. The number of aryl methyl sites for hydroxylation is 2. The summed E-state index contributed by atoms with van der Waals surface area (Å²) in [5.74, 6) is 0.525. The molecule has 0 aliphatic carbocycles. The van der Waals surface area contributed by atoms with E-state index in [1.165, 1.54) is 17.7 Å². The number of benzene rings is 1. The highest BCUT2D eigenvalue weighted by molar-refractivity contribution is 5.79. The Balaban J connectivity index is 1.67. The van der Waals surface area contributed by atoms with E-state index in [4.69, 9.17) is 0 Å². The third-order valence-corrected chi connectivity index (χ3v) is 3.29. The van der Waals surface area contributed by atoms with Crippen molar-refractivity contribution in [1.29, 1.82) is 0 Å². The first-order valence-electron chi connectivity index (χ1n) is 7.34. The van der Waals surface area contributed by atoms with Gasteiger partial charge in [-0.1, -0.05) is 12.1 Å². The fourth-order valence-electron chi connectivity index (χ4n) is 2.11. The lowest BCUT2D eigenvalue weighted by molar-refractivity contribution is 0.626. The molecule has 0 unspecified atom stereocenters. The predicted octanol–water partition coefficient (Wildman–Crippen LogP) is 1.86. The number of aromatic nitrogens is 2. The quantitative estimate of drug-likeness (QED) is 0.486. The number of hydrogen-bond acceptors (Lipinski definition) is 2. The van der Waals surface area contributed by atoms with Crippen molar-refractivity contribution >= 4 is 5.96 Å². The lowest BCUT2D eigenvalue weighted by Crippen LogP contribution is -2.37. The average Bonchev–Trinajstić information content (AvgIpc) is 2.94. The van der Waals surface area contributed by atoms with Gasteiger partial charge in [-0.05, 0) is 36.1 Å². The molecule has 2 rings (SSSR count). The number of nitrogens with zero attached hydrogens (tertiary/aromatic N) is 3. The Hall–Kier alpha value is -2.37. The summed E-state index contributed by atoms with van der Waals surface area (Å²) >= 11 is 0. The second kappa shape index (κ2) is 8.17.